The van der Waals surface area contributed by atoms with Crippen LogP contribution < -0.4 is 4.72 Å². The fourth-order valence-corrected chi connectivity index (χ4v) is 1.25. The van der Waals surface area contributed by atoms with Gasteiger partial charge in [-0.05, 0) is 6.42 Å². The van der Waals surface area contributed by atoms with Gasteiger partial charge in [-0.2, -0.15) is 12.7 Å². The number of hydrogen-bond donors (Lipinski definition) is 2. The number of hydrogen-bond acceptors (Lipinski definition) is 3. The van der Waals surface area contributed by atoms with Gasteiger partial charge < -0.3 is 5.11 Å². The van der Waals surface area contributed by atoms with Crippen LogP contribution in [0.25, 0.3) is 0 Å². The van der Waals surface area contributed by atoms with Gasteiger partial charge in [0.05, 0.1) is 0 Å². The van der Waals surface area contributed by atoms with Crippen LogP contribution >= 0.6 is 0 Å². The predicted octanol–water partition coefficient (Wildman–Crippen LogP) is -1.24. The third kappa shape index (κ3) is 3.66. The second-order valence-electron chi connectivity index (χ2n) is 2.11. The molecular formula is C5H14N2O3S. The summed E-state index contributed by atoms with van der Waals surface area (Å²) in [4.78, 5) is 0. The topological polar surface area (TPSA) is 69.6 Å². The van der Waals surface area contributed by atoms with Crippen LogP contribution in [0.5, 0.6) is 0 Å². The zero-order valence-corrected chi connectivity index (χ0v) is 7.56. The molecule has 2 N–H and O–H groups in total. The summed E-state index contributed by atoms with van der Waals surface area (Å²) in [6, 6.07) is 0. The van der Waals surface area contributed by atoms with Crippen LogP contribution in [0.15, 0.2) is 0 Å². The predicted molar refractivity (Wildman–Crippen MR) is 42.3 cm³/mol. The Labute approximate surface area is 67.2 Å². The lowest BCUT2D eigenvalue weighted by Crippen LogP contribution is -2.36. The molecule has 0 heterocycles. The first-order valence-electron chi connectivity index (χ1n) is 3.30. The van der Waals surface area contributed by atoms with Gasteiger partial charge in [-0.25, -0.2) is 4.72 Å². The minimum atomic E-state index is -3.30. The molecule has 0 saturated heterocycles. The van der Waals surface area contributed by atoms with Gasteiger partial charge >= 0.3 is 0 Å². The Morgan fingerprint density at radius 1 is 1.55 bits per heavy atom. The van der Waals surface area contributed by atoms with Crippen LogP contribution in [0.2, 0.25) is 0 Å². The van der Waals surface area contributed by atoms with E-state index < -0.39 is 10.2 Å². The van der Waals surface area contributed by atoms with Crippen molar-refractivity contribution in [2.75, 3.05) is 27.2 Å². The molecule has 0 bridgehead atoms. The van der Waals surface area contributed by atoms with E-state index in [2.05, 4.69) is 4.72 Å². The summed E-state index contributed by atoms with van der Waals surface area (Å²) in [6.07, 6.45) is 0.456. The quantitative estimate of drug-likeness (QED) is 0.559. The van der Waals surface area contributed by atoms with Gasteiger partial charge in [-0.3, -0.25) is 0 Å². The fraction of sp³-hybridized carbons (Fsp3) is 1.00. The molecule has 5 nitrogen and oxygen atoms in total. The first kappa shape index (κ1) is 10.8. The Kier molecular flexibility index (Phi) is 4.58. The van der Waals surface area contributed by atoms with E-state index in [0.717, 1.165) is 4.31 Å². The van der Waals surface area contributed by atoms with Gasteiger partial charge in [0.1, 0.15) is 0 Å². The van der Waals surface area contributed by atoms with E-state index in [1.807, 2.05) is 0 Å². The number of aliphatic hydroxyl groups excluding tert-OH is 1. The molecule has 0 aromatic carbocycles. The van der Waals surface area contributed by atoms with Gasteiger partial charge in [0, 0.05) is 27.2 Å². The molecule has 0 spiro atoms. The molecule has 0 rings (SSSR count). The highest BCUT2D eigenvalue weighted by atomic mass is 32.2. The first-order chi connectivity index (χ1) is 5.04. The van der Waals surface area contributed by atoms with Crippen molar-refractivity contribution in [2.24, 2.45) is 0 Å². The number of rotatable bonds is 5. The number of nitrogens with zero attached hydrogens (tertiary/aromatic N) is 1. The highest BCUT2D eigenvalue weighted by Crippen LogP contribution is 1.93. The van der Waals surface area contributed by atoms with Crippen LogP contribution in [0, 0.1) is 0 Å². The van der Waals surface area contributed by atoms with E-state index in [0.29, 0.717) is 13.0 Å². The van der Waals surface area contributed by atoms with Crippen molar-refractivity contribution in [1.29, 1.82) is 0 Å². The zero-order valence-electron chi connectivity index (χ0n) is 6.74. The van der Waals surface area contributed by atoms with Crippen LogP contribution in [-0.2, 0) is 10.2 Å². The minimum absolute atomic E-state index is 0.00355. The molecule has 0 aliphatic rings. The maximum atomic E-state index is 10.9. The molecule has 0 unspecified atom stereocenters. The summed E-state index contributed by atoms with van der Waals surface area (Å²) in [6.45, 7) is 0.337. The number of nitrogens with one attached hydrogen (secondary N) is 1. The number of aliphatic hydroxyl groups is 1. The molecule has 0 aromatic heterocycles. The fourth-order valence-electron chi connectivity index (χ4n) is 0.569. The van der Waals surface area contributed by atoms with E-state index >= 15 is 0 Å². The van der Waals surface area contributed by atoms with E-state index in [1.165, 1.54) is 14.1 Å². The molecule has 0 atom stereocenters. The van der Waals surface area contributed by atoms with Crippen LogP contribution in [-0.4, -0.2) is 45.1 Å². The van der Waals surface area contributed by atoms with Gasteiger partial charge in [-0.15, -0.1) is 0 Å². The van der Waals surface area contributed by atoms with E-state index in [1.54, 1.807) is 0 Å². The first-order valence-corrected chi connectivity index (χ1v) is 4.74. The van der Waals surface area contributed by atoms with Crippen LogP contribution in [0.4, 0.5) is 0 Å². The summed E-state index contributed by atoms with van der Waals surface area (Å²) in [7, 11) is -0.486. The molecule has 6 heteroatoms. The molecular weight excluding hydrogens is 168 g/mol. The Morgan fingerprint density at radius 2 is 2.09 bits per heavy atom. The lowest BCUT2D eigenvalue weighted by atomic mass is 10.5. The van der Waals surface area contributed by atoms with Crippen molar-refractivity contribution in [1.82, 2.24) is 9.03 Å². The highest BCUT2D eigenvalue weighted by molar-refractivity contribution is 7.87. The van der Waals surface area contributed by atoms with Crippen LogP contribution in [0.1, 0.15) is 6.42 Å². The van der Waals surface area contributed by atoms with Crippen LogP contribution in [0.3, 0.4) is 0 Å². The summed E-state index contributed by atoms with van der Waals surface area (Å²) >= 11 is 0. The Balaban J connectivity index is 3.93. The summed E-state index contributed by atoms with van der Waals surface area (Å²) in [5.74, 6) is 0. The second-order valence-corrected chi connectivity index (χ2v) is 4.09. The molecule has 0 aromatic rings. The third-order valence-electron chi connectivity index (χ3n) is 1.30. The average molecular weight is 182 g/mol. The Morgan fingerprint density at radius 3 is 2.45 bits per heavy atom. The van der Waals surface area contributed by atoms with Gasteiger partial charge in [-0.1, -0.05) is 0 Å². The minimum Gasteiger partial charge on any atom is -0.396 e. The lowest BCUT2D eigenvalue weighted by Gasteiger charge is -2.14. The van der Waals surface area contributed by atoms with E-state index in [4.69, 9.17) is 5.11 Å². The molecule has 0 aliphatic heterocycles. The van der Waals surface area contributed by atoms with Crippen molar-refractivity contribution < 1.29 is 13.5 Å². The monoisotopic (exact) mass is 182 g/mol. The smallest absolute Gasteiger partial charge is 0.278 e. The van der Waals surface area contributed by atoms with E-state index in [9.17, 15) is 8.42 Å². The van der Waals surface area contributed by atoms with Crippen molar-refractivity contribution in [3.05, 3.63) is 0 Å². The largest absolute Gasteiger partial charge is 0.396 e. The molecule has 11 heavy (non-hydrogen) atoms. The molecule has 0 aliphatic carbocycles. The second kappa shape index (κ2) is 4.66. The lowest BCUT2D eigenvalue weighted by molar-refractivity contribution is 0.275. The molecule has 0 radical (unpaired) electrons. The van der Waals surface area contributed by atoms with Crippen molar-refractivity contribution in [3.8, 4) is 0 Å². The average Bonchev–Trinajstić information content (AvgIpc) is 2.00. The van der Waals surface area contributed by atoms with Crippen molar-refractivity contribution in [3.63, 3.8) is 0 Å². The molecule has 68 valence electrons. The summed E-state index contributed by atoms with van der Waals surface area (Å²) in [5, 5.41) is 8.41. The zero-order chi connectivity index (χ0) is 8.91. The highest BCUT2D eigenvalue weighted by Gasteiger charge is 2.12. The Bertz CT molecular complexity index is 190. The van der Waals surface area contributed by atoms with Gasteiger partial charge in [0.2, 0.25) is 0 Å². The van der Waals surface area contributed by atoms with Crippen molar-refractivity contribution in [2.45, 2.75) is 6.42 Å². The standard InChI is InChI=1S/C5H14N2O3S/c1-6-11(9,10)7(2)4-3-5-8/h6,8H,3-5H2,1-2H3. The maximum Gasteiger partial charge on any atom is 0.278 e. The van der Waals surface area contributed by atoms with Gasteiger partial charge in [0.15, 0.2) is 0 Å². The maximum absolute atomic E-state index is 10.9. The Hall–Kier alpha value is -0.170. The van der Waals surface area contributed by atoms with Gasteiger partial charge in [0.25, 0.3) is 10.2 Å². The van der Waals surface area contributed by atoms with E-state index in [-0.39, 0.29) is 6.61 Å². The summed E-state index contributed by atoms with van der Waals surface area (Å²) in [5.41, 5.74) is 0. The normalized spacial score (nSPS) is 12.4. The van der Waals surface area contributed by atoms with Crippen molar-refractivity contribution >= 4 is 10.2 Å². The molecule has 0 fully saturated rings. The SMILES string of the molecule is CNS(=O)(=O)N(C)CCCO. The molecule has 0 amide bonds. The third-order valence-corrected chi connectivity index (χ3v) is 2.82. The molecule has 0 saturated carbocycles. The summed E-state index contributed by atoms with van der Waals surface area (Å²) < 4.78 is 25.2.